The van der Waals surface area contributed by atoms with E-state index in [2.05, 4.69) is 5.32 Å². The highest BCUT2D eigenvalue weighted by atomic mass is 32.2. The van der Waals surface area contributed by atoms with Crippen LogP contribution in [0.5, 0.6) is 11.5 Å². The van der Waals surface area contributed by atoms with E-state index in [-0.39, 0.29) is 23.2 Å². The van der Waals surface area contributed by atoms with Crippen molar-refractivity contribution < 1.29 is 19.1 Å². The van der Waals surface area contributed by atoms with Gasteiger partial charge in [0.15, 0.2) is 11.5 Å². The van der Waals surface area contributed by atoms with Crippen LogP contribution in [0.4, 0.5) is 0 Å². The third kappa shape index (κ3) is 3.12. The van der Waals surface area contributed by atoms with Gasteiger partial charge in [0.25, 0.3) is 5.91 Å². The van der Waals surface area contributed by atoms with Crippen LogP contribution in [0.3, 0.4) is 0 Å². The largest absolute Gasteiger partial charge is 0.493 e. The summed E-state index contributed by atoms with van der Waals surface area (Å²) in [5.74, 6) is 0.577. The summed E-state index contributed by atoms with van der Waals surface area (Å²) in [6.07, 6.45) is 0. The average Bonchev–Trinajstić information content (AvgIpc) is 3.16. The van der Waals surface area contributed by atoms with Crippen molar-refractivity contribution in [3.05, 3.63) is 59.2 Å². The number of amides is 2. The van der Waals surface area contributed by atoms with Crippen molar-refractivity contribution >= 4 is 23.6 Å². The van der Waals surface area contributed by atoms with Crippen LogP contribution in [-0.4, -0.2) is 41.7 Å². The molecule has 7 heteroatoms. The maximum absolute atomic E-state index is 13.5. The molecule has 4 rings (SSSR count). The second-order valence-corrected chi connectivity index (χ2v) is 9.83. The van der Waals surface area contributed by atoms with Gasteiger partial charge in [0.05, 0.1) is 25.8 Å². The van der Waals surface area contributed by atoms with Crippen LogP contribution >= 0.6 is 11.8 Å². The second kappa shape index (κ2) is 7.54. The van der Waals surface area contributed by atoms with E-state index < -0.39 is 10.8 Å². The third-order valence-corrected chi connectivity index (χ3v) is 7.34. The van der Waals surface area contributed by atoms with Gasteiger partial charge in [-0.25, -0.2) is 0 Å². The summed E-state index contributed by atoms with van der Waals surface area (Å²) in [4.78, 5) is 28.6. The lowest BCUT2D eigenvalue weighted by Crippen LogP contribution is -2.52. The molecule has 0 aliphatic carbocycles. The maximum atomic E-state index is 13.5. The molecule has 6 nitrogen and oxygen atoms in total. The van der Waals surface area contributed by atoms with Crippen LogP contribution in [-0.2, 0) is 4.79 Å². The lowest BCUT2D eigenvalue weighted by atomic mass is 9.99. The normalized spacial score (nSPS) is 22.3. The molecule has 0 saturated carbocycles. The molecule has 2 aromatic rings. The SMILES string of the molecule is COc1ccc2c(c1OC)C(=O)N1[C@@H]2SC(C)(C)[C@H]1C(=O)N[C@@H](C)c1ccccc1. The van der Waals surface area contributed by atoms with Gasteiger partial charge in [0, 0.05) is 10.3 Å². The number of benzene rings is 2. The highest BCUT2D eigenvalue weighted by Crippen LogP contribution is 2.58. The van der Waals surface area contributed by atoms with Crippen molar-refractivity contribution in [2.75, 3.05) is 14.2 Å². The van der Waals surface area contributed by atoms with Crippen LogP contribution < -0.4 is 14.8 Å². The maximum Gasteiger partial charge on any atom is 0.260 e. The first kappa shape index (κ1) is 20.6. The molecule has 1 fully saturated rings. The monoisotopic (exact) mass is 426 g/mol. The van der Waals surface area contributed by atoms with Gasteiger partial charge in [0.2, 0.25) is 5.91 Å². The van der Waals surface area contributed by atoms with E-state index in [0.29, 0.717) is 17.1 Å². The number of fused-ring (bicyclic) bond motifs is 3. The van der Waals surface area contributed by atoms with E-state index in [1.54, 1.807) is 23.8 Å². The van der Waals surface area contributed by atoms with Gasteiger partial charge in [-0.1, -0.05) is 36.4 Å². The molecule has 2 aromatic carbocycles. The summed E-state index contributed by atoms with van der Waals surface area (Å²) in [6, 6.07) is 12.8. The molecule has 2 aliphatic heterocycles. The molecule has 158 valence electrons. The predicted octanol–water partition coefficient (Wildman–Crippen LogP) is 3.93. The Balaban J connectivity index is 1.67. The molecule has 0 bridgehead atoms. The number of nitrogens with one attached hydrogen (secondary N) is 1. The average molecular weight is 427 g/mol. The van der Waals surface area contributed by atoms with Crippen LogP contribution in [0.1, 0.15) is 53.7 Å². The molecule has 2 heterocycles. The molecule has 30 heavy (non-hydrogen) atoms. The van der Waals surface area contributed by atoms with E-state index in [4.69, 9.17) is 9.47 Å². The molecular formula is C23H26N2O4S. The summed E-state index contributed by atoms with van der Waals surface area (Å²) >= 11 is 1.62. The minimum Gasteiger partial charge on any atom is -0.493 e. The van der Waals surface area contributed by atoms with Crippen molar-refractivity contribution in [2.45, 2.75) is 43.0 Å². The second-order valence-electron chi connectivity index (χ2n) is 8.09. The summed E-state index contributed by atoms with van der Waals surface area (Å²) in [6.45, 7) is 5.98. The van der Waals surface area contributed by atoms with Crippen molar-refractivity contribution in [1.82, 2.24) is 10.2 Å². The van der Waals surface area contributed by atoms with E-state index in [9.17, 15) is 9.59 Å². The topological polar surface area (TPSA) is 67.9 Å². The Hall–Kier alpha value is -2.67. The Labute approximate surface area is 180 Å². The Morgan fingerprint density at radius 2 is 1.83 bits per heavy atom. The highest BCUT2D eigenvalue weighted by molar-refractivity contribution is 8.01. The molecule has 2 aliphatic rings. The fraction of sp³-hybridized carbons (Fsp3) is 0.391. The Kier molecular flexibility index (Phi) is 5.18. The van der Waals surface area contributed by atoms with Crippen LogP contribution in [0, 0.1) is 0 Å². The first-order valence-corrected chi connectivity index (χ1v) is 10.8. The quantitative estimate of drug-likeness (QED) is 0.785. The zero-order valence-electron chi connectivity index (χ0n) is 17.8. The van der Waals surface area contributed by atoms with Gasteiger partial charge >= 0.3 is 0 Å². The summed E-state index contributed by atoms with van der Waals surface area (Å²) < 4.78 is 10.4. The molecule has 0 spiro atoms. The molecule has 2 amide bonds. The zero-order valence-corrected chi connectivity index (χ0v) is 18.6. The fourth-order valence-corrected chi connectivity index (χ4v) is 5.95. The van der Waals surface area contributed by atoms with Crippen molar-refractivity contribution in [3.63, 3.8) is 0 Å². The molecule has 0 radical (unpaired) electrons. The van der Waals surface area contributed by atoms with Crippen LogP contribution in [0.25, 0.3) is 0 Å². The van der Waals surface area contributed by atoms with Gasteiger partial charge < -0.3 is 19.7 Å². The smallest absolute Gasteiger partial charge is 0.260 e. The number of hydrogen-bond donors (Lipinski definition) is 1. The Morgan fingerprint density at radius 1 is 1.13 bits per heavy atom. The van der Waals surface area contributed by atoms with Crippen molar-refractivity contribution in [2.24, 2.45) is 0 Å². The molecule has 3 atom stereocenters. The summed E-state index contributed by atoms with van der Waals surface area (Å²) in [7, 11) is 3.07. The van der Waals surface area contributed by atoms with Crippen LogP contribution in [0.2, 0.25) is 0 Å². The molecule has 0 aromatic heterocycles. The van der Waals surface area contributed by atoms with E-state index in [1.165, 1.54) is 7.11 Å². The van der Waals surface area contributed by atoms with E-state index in [1.807, 2.05) is 63.2 Å². The standard InChI is InChI=1S/C23H26N2O4S/c1-13(14-9-7-6-8-10-14)24-20(26)19-23(2,3)30-22-15-11-12-16(28-4)18(29-5)17(15)21(27)25(19)22/h6-13,19,22H,1-5H3,(H,24,26)/t13-,19+,22+/m0/s1. The van der Waals surface area contributed by atoms with Crippen LogP contribution in [0.15, 0.2) is 42.5 Å². The number of nitrogens with zero attached hydrogens (tertiary/aromatic N) is 1. The number of carbonyl (C=O) groups is 2. The fourth-order valence-electron chi connectivity index (χ4n) is 4.37. The van der Waals surface area contributed by atoms with Crippen molar-refractivity contribution in [3.8, 4) is 11.5 Å². The van der Waals surface area contributed by atoms with Crippen molar-refractivity contribution in [1.29, 1.82) is 0 Å². The van der Waals surface area contributed by atoms with Gasteiger partial charge in [-0.3, -0.25) is 9.59 Å². The molecular weight excluding hydrogens is 400 g/mol. The van der Waals surface area contributed by atoms with E-state index in [0.717, 1.165) is 11.1 Å². The minimum atomic E-state index is -0.603. The van der Waals surface area contributed by atoms with Gasteiger partial charge in [0.1, 0.15) is 11.4 Å². The first-order valence-electron chi connectivity index (χ1n) is 9.90. The Morgan fingerprint density at radius 3 is 2.47 bits per heavy atom. The summed E-state index contributed by atoms with van der Waals surface area (Å²) in [5, 5.41) is 2.87. The highest BCUT2D eigenvalue weighted by Gasteiger charge is 2.58. The number of hydrogen-bond acceptors (Lipinski definition) is 5. The summed E-state index contributed by atoms with van der Waals surface area (Å²) in [5.41, 5.74) is 2.37. The first-order chi connectivity index (χ1) is 14.3. The number of rotatable bonds is 5. The van der Waals surface area contributed by atoms with Gasteiger partial charge in [-0.2, -0.15) is 0 Å². The molecule has 1 saturated heterocycles. The number of methoxy groups -OCH3 is 2. The number of ether oxygens (including phenoxy) is 2. The molecule has 0 unspecified atom stereocenters. The number of carbonyl (C=O) groups excluding carboxylic acids is 2. The van der Waals surface area contributed by atoms with Gasteiger partial charge in [-0.05, 0) is 32.4 Å². The predicted molar refractivity (Wildman–Crippen MR) is 117 cm³/mol. The lowest BCUT2D eigenvalue weighted by molar-refractivity contribution is -0.126. The third-order valence-electron chi connectivity index (χ3n) is 5.80. The zero-order chi connectivity index (χ0) is 21.6. The minimum absolute atomic E-state index is 0.154. The lowest BCUT2D eigenvalue weighted by Gasteiger charge is -2.30. The molecule has 1 N–H and O–H groups in total. The number of thioether (sulfide) groups is 1. The van der Waals surface area contributed by atoms with Gasteiger partial charge in [-0.15, -0.1) is 11.8 Å². The van der Waals surface area contributed by atoms with E-state index >= 15 is 0 Å². The Bertz CT molecular complexity index is 992.